The first-order chi connectivity index (χ1) is 35.8. The summed E-state index contributed by atoms with van der Waals surface area (Å²) in [7, 11) is 0. The highest BCUT2D eigenvalue weighted by Gasteiger charge is 2.44. The van der Waals surface area contributed by atoms with Crippen LogP contribution < -0.4 is 5.32 Å². The Kier molecular flexibility index (Phi) is 51.2. The largest absolute Gasteiger partial charge is 0.394 e. The topological polar surface area (TPSA) is 149 Å². The molecule has 7 atom stereocenters. The molecule has 9 heteroatoms. The Morgan fingerprint density at radius 3 is 1.15 bits per heavy atom. The summed E-state index contributed by atoms with van der Waals surface area (Å²) in [6.07, 6.45) is 63.8. The van der Waals surface area contributed by atoms with E-state index < -0.39 is 49.5 Å². The highest BCUT2D eigenvalue weighted by Crippen LogP contribution is 2.23. The first-order valence-corrected chi connectivity index (χ1v) is 31.7. The third-order valence-corrected chi connectivity index (χ3v) is 15.2. The molecule has 1 aliphatic rings. The van der Waals surface area contributed by atoms with Gasteiger partial charge in [-0.05, 0) is 57.8 Å². The summed E-state index contributed by atoms with van der Waals surface area (Å²) in [6, 6.07) is -0.821. The summed E-state index contributed by atoms with van der Waals surface area (Å²) in [5.41, 5.74) is 0. The molecule has 0 radical (unpaired) electrons. The Bertz CT molecular complexity index is 1240. The number of aliphatic hydroxyl groups excluding tert-OH is 5. The quantitative estimate of drug-likeness (QED) is 0.0261. The maximum Gasteiger partial charge on any atom is 0.220 e. The van der Waals surface area contributed by atoms with Gasteiger partial charge in [-0.2, -0.15) is 0 Å². The molecule has 7 unspecified atom stereocenters. The van der Waals surface area contributed by atoms with Crippen LogP contribution in [-0.4, -0.2) is 87.5 Å². The second kappa shape index (κ2) is 53.8. The first kappa shape index (κ1) is 69.4. The Morgan fingerprint density at radius 2 is 0.781 bits per heavy atom. The van der Waals surface area contributed by atoms with Crippen molar-refractivity contribution in [3.63, 3.8) is 0 Å². The number of ether oxygens (including phenoxy) is 2. The maximum atomic E-state index is 13.1. The van der Waals surface area contributed by atoms with Gasteiger partial charge in [0.2, 0.25) is 5.91 Å². The van der Waals surface area contributed by atoms with Crippen LogP contribution in [0.15, 0.2) is 36.5 Å². The zero-order valence-corrected chi connectivity index (χ0v) is 47.9. The number of carbonyl (C=O) groups is 1. The van der Waals surface area contributed by atoms with Crippen LogP contribution in [0.1, 0.15) is 309 Å². The zero-order chi connectivity index (χ0) is 52.9. The maximum absolute atomic E-state index is 13.1. The van der Waals surface area contributed by atoms with Crippen molar-refractivity contribution < 1.29 is 39.8 Å². The van der Waals surface area contributed by atoms with E-state index in [0.717, 1.165) is 38.5 Å². The second-order valence-electron chi connectivity index (χ2n) is 22.2. The van der Waals surface area contributed by atoms with Crippen molar-refractivity contribution in [1.29, 1.82) is 0 Å². The molecule has 1 fully saturated rings. The molecule has 1 heterocycles. The lowest BCUT2D eigenvalue weighted by molar-refractivity contribution is -0.302. The molecule has 1 amide bonds. The molecule has 1 aliphatic heterocycles. The normalized spacial score (nSPS) is 19.2. The monoisotopic (exact) mass is 1030 g/mol. The molecule has 0 bridgehead atoms. The minimum Gasteiger partial charge on any atom is -0.394 e. The van der Waals surface area contributed by atoms with Crippen molar-refractivity contribution in [2.75, 3.05) is 13.2 Å². The molecule has 0 aromatic heterocycles. The molecular formula is C64H121NO8. The lowest BCUT2D eigenvalue weighted by Crippen LogP contribution is -2.60. The van der Waals surface area contributed by atoms with E-state index in [4.69, 9.17) is 9.47 Å². The van der Waals surface area contributed by atoms with Gasteiger partial charge in [-0.3, -0.25) is 4.79 Å². The summed E-state index contributed by atoms with van der Waals surface area (Å²) in [6.45, 7) is 3.80. The Labute approximate surface area is 451 Å². The van der Waals surface area contributed by atoms with E-state index in [1.54, 1.807) is 6.08 Å². The second-order valence-corrected chi connectivity index (χ2v) is 22.2. The summed E-state index contributed by atoms with van der Waals surface area (Å²) < 4.78 is 11.3. The molecule has 0 aromatic carbocycles. The van der Waals surface area contributed by atoms with Crippen molar-refractivity contribution in [2.45, 2.75) is 352 Å². The zero-order valence-electron chi connectivity index (χ0n) is 47.9. The van der Waals surface area contributed by atoms with E-state index >= 15 is 0 Å². The predicted molar refractivity (Wildman–Crippen MR) is 309 cm³/mol. The molecule has 0 aliphatic carbocycles. The van der Waals surface area contributed by atoms with Gasteiger partial charge in [-0.25, -0.2) is 0 Å². The summed E-state index contributed by atoms with van der Waals surface area (Å²) in [4.78, 5) is 13.1. The average Bonchev–Trinajstić information content (AvgIpc) is 3.39. The van der Waals surface area contributed by atoms with Gasteiger partial charge >= 0.3 is 0 Å². The average molecular weight is 1030 g/mol. The van der Waals surface area contributed by atoms with Gasteiger partial charge in [0.25, 0.3) is 0 Å². The lowest BCUT2D eigenvalue weighted by atomic mass is 9.99. The van der Waals surface area contributed by atoms with E-state index in [0.29, 0.717) is 6.42 Å². The fourth-order valence-corrected chi connectivity index (χ4v) is 10.2. The van der Waals surface area contributed by atoms with E-state index in [2.05, 4.69) is 43.5 Å². The van der Waals surface area contributed by atoms with Crippen molar-refractivity contribution in [2.24, 2.45) is 0 Å². The van der Waals surface area contributed by atoms with E-state index in [9.17, 15) is 30.3 Å². The smallest absolute Gasteiger partial charge is 0.220 e. The lowest BCUT2D eigenvalue weighted by Gasteiger charge is -2.40. The number of hydrogen-bond donors (Lipinski definition) is 6. The number of carbonyl (C=O) groups excluding carboxylic acids is 1. The van der Waals surface area contributed by atoms with Crippen LogP contribution in [0.5, 0.6) is 0 Å². The van der Waals surface area contributed by atoms with Crippen LogP contribution in [0.2, 0.25) is 0 Å². The fraction of sp³-hybridized carbons (Fsp3) is 0.891. The number of allylic oxidation sites excluding steroid dienone is 5. The SMILES string of the molecule is CCCCCCCCCCCCCC/C=C\CCCCCCCCCCCCCCCCCCC(=O)NC(COC1OC(CO)C(O)C(O)C1O)C(O)/C=C/CC/C=C/CCCCCCCCCCCCCC. The predicted octanol–water partition coefficient (Wildman–Crippen LogP) is 16.3. The molecule has 1 rings (SSSR count). The number of rotatable bonds is 55. The minimum absolute atomic E-state index is 0.182. The fourth-order valence-electron chi connectivity index (χ4n) is 10.2. The van der Waals surface area contributed by atoms with Crippen molar-refractivity contribution in [3.05, 3.63) is 36.5 Å². The minimum atomic E-state index is -1.57. The third-order valence-electron chi connectivity index (χ3n) is 15.2. The van der Waals surface area contributed by atoms with Crippen molar-refractivity contribution in [1.82, 2.24) is 5.32 Å². The van der Waals surface area contributed by atoms with Gasteiger partial charge in [-0.1, -0.05) is 281 Å². The van der Waals surface area contributed by atoms with Crippen molar-refractivity contribution >= 4 is 5.91 Å². The van der Waals surface area contributed by atoms with E-state index in [-0.39, 0.29) is 12.5 Å². The van der Waals surface area contributed by atoms with Crippen LogP contribution in [0.3, 0.4) is 0 Å². The summed E-state index contributed by atoms with van der Waals surface area (Å²) in [5.74, 6) is -0.182. The summed E-state index contributed by atoms with van der Waals surface area (Å²) >= 11 is 0. The Morgan fingerprint density at radius 1 is 0.452 bits per heavy atom. The van der Waals surface area contributed by atoms with E-state index in [1.165, 1.54) is 250 Å². The van der Waals surface area contributed by atoms with Crippen LogP contribution in [0.25, 0.3) is 0 Å². The van der Waals surface area contributed by atoms with Crippen LogP contribution >= 0.6 is 0 Å². The molecule has 9 nitrogen and oxygen atoms in total. The Balaban J connectivity index is 2.14. The standard InChI is InChI=1S/C64H121NO8/c1-3-5-7-9-11-13-15-17-19-21-23-24-25-26-27-28-29-30-31-32-33-34-35-36-38-40-42-44-46-48-50-52-54-60(68)65-57(56-72-64-63(71)62(70)61(69)59(55-66)73-64)58(67)53-51-49-47-45-43-41-39-37-22-20-18-16-14-12-10-8-6-4-2/h26-27,43,45,51,53,57-59,61-64,66-67,69-71H,3-25,28-42,44,46-50,52,54-56H2,1-2H3,(H,65,68)/b27-26-,45-43+,53-51+. The van der Waals surface area contributed by atoms with Crippen LogP contribution in [0, 0.1) is 0 Å². The Hall–Kier alpha value is -1.59. The van der Waals surface area contributed by atoms with Gasteiger partial charge in [0.1, 0.15) is 24.4 Å². The van der Waals surface area contributed by atoms with Gasteiger partial charge in [0.05, 0.1) is 25.4 Å². The molecule has 0 saturated carbocycles. The molecule has 0 aromatic rings. The first-order valence-electron chi connectivity index (χ1n) is 31.7. The molecule has 6 N–H and O–H groups in total. The number of amides is 1. The number of hydrogen-bond acceptors (Lipinski definition) is 8. The number of unbranched alkanes of at least 4 members (excludes halogenated alkanes) is 41. The molecule has 1 saturated heterocycles. The third kappa shape index (κ3) is 43.1. The summed E-state index contributed by atoms with van der Waals surface area (Å²) in [5, 5.41) is 54.5. The number of aliphatic hydroxyl groups is 5. The molecular weight excluding hydrogens is 911 g/mol. The van der Waals surface area contributed by atoms with Crippen molar-refractivity contribution in [3.8, 4) is 0 Å². The highest BCUT2D eigenvalue weighted by molar-refractivity contribution is 5.76. The number of nitrogens with one attached hydrogen (secondary N) is 1. The highest BCUT2D eigenvalue weighted by atomic mass is 16.7. The van der Waals surface area contributed by atoms with Crippen LogP contribution in [0.4, 0.5) is 0 Å². The van der Waals surface area contributed by atoms with Gasteiger partial charge < -0.3 is 40.3 Å². The van der Waals surface area contributed by atoms with Gasteiger partial charge in [0, 0.05) is 6.42 Å². The van der Waals surface area contributed by atoms with Gasteiger partial charge in [0.15, 0.2) is 6.29 Å². The van der Waals surface area contributed by atoms with Gasteiger partial charge in [-0.15, -0.1) is 0 Å². The van der Waals surface area contributed by atoms with E-state index in [1.807, 2.05) is 6.08 Å². The molecule has 73 heavy (non-hydrogen) atoms. The van der Waals surface area contributed by atoms with Crippen LogP contribution in [-0.2, 0) is 14.3 Å². The molecule has 0 spiro atoms. The molecule has 430 valence electrons.